The normalized spacial score (nSPS) is 14.8. The molecule has 0 atom stereocenters. The maximum atomic E-state index is 4.88. The van der Waals surface area contributed by atoms with E-state index < -0.39 is 0 Å². The molecule has 1 aromatic heterocycles. The summed E-state index contributed by atoms with van der Waals surface area (Å²) in [6.45, 7) is 2.90. The van der Waals surface area contributed by atoms with Crippen LogP contribution in [-0.2, 0) is 6.54 Å². The molecule has 0 amide bonds. The van der Waals surface area contributed by atoms with E-state index in [4.69, 9.17) is 4.98 Å². The number of piperidine rings is 1. The lowest BCUT2D eigenvalue weighted by Crippen LogP contribution is -2.30. The second kappa shape index (κ2) is 7.42. The molecule has 1 fully saturated rings. The van der Waals surface area contributed by atoms with Crippen molar-refractivity contribution in [3.63, 3.8) is 0 Å². The van der Waals surface area contributed by atoms with Gasteiger partial charge in [-0.05, 0) is 54.2 Å². The quantitative estimate of drug-likeness (QED) is 0.691. The van der Waals surface area contributed by atoms with Gasteiger partial charge in [-0.3, -0.25) is 9.71 Å². The van der Waals surface area contributed by atoms with Crippen molar-refractivity contribution >= 4 is 29.7 Å². The van der Waals surface area contributed by atoms with Crippen LogP contribution in [0.3, 0.4) is 0 Å². The topological polar surface area (TPSA) is 41.1 Å². The Balaban J connectivity index is 1.69. The summed E-state index contributed by atoms with van der Waals surface area (Å²) in [6.07, 6.45) is 5.71. The SMILES string of the molecule is SNCc1cccc(-c2ccc3ncc(N4CCCCC4)nc3c2)c1. The van der Waals surface area contributed by atoms with E-state index in [-0.39, 0.29) is 0 Å². The highest BCUT2D eigenvalue weighted by molar-refractivity contribution is 7.78. The van der Waals surface area contributed by atoms with Crippen LogP contribution in [0.25, 0.3) is 22.2 Å². The van der Waals surface area contributed by atoms with E-state index in [2.05, 4.69) is 69.9 Å². The Bertz CT molecular complexity index is 874. The van der Waals surface area contributed by atoms with E-state index in [1.54, 1.807) is 0 Å². The van der Waals surface area contributed by atoms with Crippen molar-refractivity contribution in [2.75, 3.05) is 18.0 Å². The molecule has 1 saturated heterocycles. The van der Waals surface area contributed by atoms with Gasteiger partial charge in [0.1, 0.15) is 5.82 Å². The average molecular weight is 350 g/mol. The van der Waals surface area contributed by atoms with Crippen molar-refractivity contribution in [2.24, 2.45) is 0 Å². The highest BCUT2D eigenvalue weighted by atomic mass is 32.1. The van der Waals surface area contributed by atoms with Crippen molar-refractivity contribution in [2.45, 2.75) is 25.8 Å². The fraction of sp³-hybridized carbons (Fsp3) is 0.300. The predicted octanol–water partition coefficient (Wildman–Crippen LogP) is 4.22. The number of nitrogens with one attached hydrogen (secondary N) is 1. The van der Waals surface area contributed by atoms with Crippen molar-refractivity contribution in [1.82, 2.24) is 14.7 Å². The van der Waals surface area contributed by atoms with E-state index in [0.717, 1.165) is 36.5 Å². The zero-order valence-corrected chi connectivity index (χ0v) is 15.0. The first kappa shape index (κ1) is 16.4. The number of anilines is 1. The summed E-state index contributed by atoms with van der Waals surface area (Å²) < 4.78 is 2.90. The van der Waals surface area contributed by atoms with Crippen LogP contribution >= 0.6 is 12.8 Å². The van der Waals surface area contributed by atoms with Gasteiger partial charge in [-0.25, -0.2) is 4.98 Å². The van der Waals surface area contributed by atoms with Crippen LogP contribution < -0.4 is 9.62 Å². The van der Waals surface area contributed by atoms with E-state index in [1.165, 1.54) is 36.0 Å². The van der Waals surface area contributed by atoms with E-state index in [0.29, 0.717) is 0 Å². The van der Waals surface area contributed by atoms with Gasteiger partial charge in [0.2, 0.25) is 0 Å². The lowest BCUT2D eigenvalue weighted by molar-refractivity contribution is 0.573. The summed E-state index contributed by atoms with van der Waals surface area (Å²) in [6, 6.07) is 14.8. The van der Waals surface area contributed by atoms with Gasteiger partial charge >= 0.3 is 0 Å². The molecule has 1 N–H and O–H groups in total. The minimum atomic E-state index is 0.740. The zero-order chi connectivity index (χ0) is 17.1. The first-order valence-corrected chi connectivity index (χ1v) is 9.26. The summed E-state index contributed by atoms with van der Waals surface area (Å²) in [4.78, 5) is 11.8. The summed E-state index contributed by atoms with van der Waals surface area (Å²) in [5.41, 5.74) is 5.46. The fourth-order valence-electron chi connectivity index (χ4n) is 3.41. The van der Waals surface area contributed by atoms with Crippen LogP contribution in [0.5, 0.6) is 0 Å². The minimum absolute atomic E-state index is 0.740. The molecular weight excluding hydrogens is 328 g/mol. The fourth-order valence-corrected chi connectivity index (χ4v) is 3.59. The van der Waals surface area contributed by atoms with Gasteiger partial charge in [-0.15, -0.1) is 0 Å². The van der Waals surface area contributed by atoms with Crippen LogP contribution in [0.2, 0.25) is 0 Å². The van der Waals surface area contributed by atoms with Crippen molar-refractivity contribution < 1.29 is 0 Å². The lowest BCUT2D eigenvalue weighted by Gasteiger charge is -2.27. The van der Waals surface area contributed by atoms with Gasteiger partial charge in [0.05, 0.1) is 17.2 Å². The zero-order valence-electron chi connectivity index (χ0n) is 14.2. The third-order valence-corrected chi connectivity index (χ3v) is 4.91. The van der Waals surface area contributed by atoms with Crippen molar-refractivity contribution in [3.8, 4) is 11.1 Å². The van der Waals surface area contributed by atoms with E-state index >= 15 is 0 Å². The molecule has 25 heavy (non-hydrogen) atoms. The standard InChI is InChI=1S/C20H22N4S/c25-22-13-15-5-4-6-16(11-15)17-7-8-18-19(12-17)23-20(14-21-18)24-9-2-1-3-10-24/h4-8,11-12,14,22,25H,1-3,9-10,13H2. The molecule has 0 bridgehead atoms. The molecule has 1 aliphatic rings. The Labute approximate surface area is 153 Å². The highest BCUT2D eigenvalue weighted by Crippen LogP contribution is 2.25. The van der Waals surface area contributed by atoms with Gasteiger partial charge in [0.25, 0.3) is 0 Å². The third-order valence-electron chi connectivity index (χ3n) is 4.75. The van der Waals surface area contributed by atoms with Gasteiger partial charge in [-0.1, -0.05) is 37.1 Å². The summed E-state index contributed by atoms with van der Waals surface area (Å²) in [5.74, 6) is 0.998. The Morgan fingerprint density at radius 2 is 1.80 bits per heavy atom. The van der Waals surface area contributed by atoms with Crippen LogP contribution in [0.4, 0.5) is 5.82 Å². The van der Waals surface area contributed by atoms with Crippen LogP contribution in [0.15, 0.2) is 48.7 Å². The second-order valence-corrected chi connectivity index (χ2v) is 6.83. The Morgan fingerprint density at radius 3 is 2.64 bits per heavy atom. The summed E-state index contributed by atoms with van der Waals surface area (Å²) in [7, 11) is 0. The molecule has 4 rings (SSSR count). The summed E-state index contributed by atoms with van der Waals surface area (Å²) >= 11 is 4.09. The third kappa shape index (κ3) is 3.62. The van der Waals surface area contributed by atoms with Crippen molar-refractivity contribution in [1.29, 1.82) is 0 Å². The number of aromatic nitrogens is 2. The van der Waals surface area contributed by atoms with E-state index in [9.17, 15) is 0 Å². The van der Waals surface area contributed by atoms with Gasteiger partial charge in [-0.2, -0.15) is 0 Å². The molecule has 4 nitrogen and oxygen atoms in total. The maximum absolute atomic E-state index is 4.88. The number of benzene rings is 2. The Morgan fingerprint density at radius 1 is 0.960 bits per heavy atom. The van der Waals surface area contributed by atoms with Crippen molar-refractivity contribution in [3.05, 3.63) is 54.2 Å². The highest BCUT2D eigenvalue weighted by Gasteiger charge is 2.13. The molecule has 0 radical (unpaired) electrons. The molecule has 2 aromatic carbocycles. The number of hydrogen-bond acceptors (Lipinski definition) is 5. The molecule has 3 aromatic rings. The minimum Gasteiger partial charge on any atom is -0.355 e. The molecule has 0 aliphatic carbocycles. The van der Waals surface area contributed by atoms with E-state index in [1.807, 2.05) is 6.20 Å². The molecular formula is C20H22N4S. The molecule has 0 unspecified atom stereocenters. The summed E-state index contributed by atoms with van der Waals surface area (Å²) in [5, 5.41) is 0. The smallest absolute Gasteiger partial charge is 0.147 e. The molecule has 5 heteroatoms. The number of hydrogen-bond donors (Lipinski definition) is 2. The molecule has 0 saturated carbocycles. The van der Waals surface area contributed by atoms with Crippen LogP contribution in [0.1, 0.15) is 24.8 Å². The Kier molecular flexibility index (Phi) is 4.85. The van der Waals surface area contributed by atoms with Gasteiger partial charge in [0.15, 0.2) is 0 Å². The monoisotopic (exact) mass is 350 g/mol. The molecule has 2 heterocycles. The molecule has 128 valence electrons. The lowest BCUT2D eigenvalue weighted by atomic mass is 10.0. The number of fused-ring (bicyclic) bond motifs is 1. The largest absolute Gasteiger partial charge is 0.355 e. The number of thiol groups is 1. The van der Waals surface area contributed by atoms with Gasteiger partial charge < -0.3 is 4.90 Å². The number of rotatable bonds is 4. The first-order valence-electron chi connectivity index (χ1n) is 8.81. The van der Waals surface area contributed by atoms with Crippen LogP contribution in [-0.4, -0.2) is 23.1 Å². The Hall–Kier alpha value is -2.11. The average Bonchev–Trinajstić information content (AvgIpc) is 2.68. The van der Waals surface area contributed by atoms with Crippen LogP contribution in [0, 0.1) is 0 Å². The molecule has 0 spiro atoms. The van der Waals surface area contributed by atoms with Gasteiger partial charge in [0, 0.05) is 19.6 Å². The molecule has 1 aliphatic heterocycles. The number of nitrogens with zero attached hydrogens (tertiary/aromatic N) is 3. The maximum Gasteiger partial charge on any atom is 0.147 e. The predicted molar refractivity (Wildman–Crippen MR) is 107 cm³/mol. The second-order valence-electron chi connectivity index (χ2n) is 6.51. The first-order chi connectivity index (χ1) is 12.3.